The molecule has 0 radical (unpaired) electrons. The summed E-state index contributed by atoms with van der Waals surface area (Å²) in [5.74, 6) is 0. The molecule has 2 bridgehead atoms. The van der Waals surface area contributed by atoms with Crippen LogP contribution >= 0.6 is 15.9 Å². The van der Waals surface area contributed by atoms with Crippen LogP contribution in [-0.2, 0) is 4.74 Å². The highest BCUT2D eigenvalue weighted by molar-refractivity contribution is 9.09. The maximum Gasteiger partial charge on any atom is 0.410 e. The normalized spacial score (nSPS) is 33.9. The van der Waals surface area contributed by atoms with Gasteiger partial charge in [0.05, 0.1) is 0 Å². The first-order valence-electron chi connectivity index (χ1n) is 5.41. The van der Waals surface area contributed by atoms with E-state index in [-0.39, 0.29) is 11.7 Å². The predicted molar refractivity (Wildman–Crippen MR) is 62.2 cm³/mol. The summed E-state index contributed by atoms with van der Waals surface area (Å²) in [4.78, 5) is 13.7. The van der Waals surface area contributed by atoms with E-state index < -0.39 is 0 Å². The van der Waals surface area contributed by atoms with E-state index in [1.807, 2.05) is 25.7 Å². The van der Waals surface area contributed by atoms with E-state index in [9.17, 15) is 4.79 Å². The van der Waals surface area contributed by atoms with Crippen molar-refractivity contribution >= 4 is 22.0 Å². The average molecular weight is 276 g/mol. The summed E-state index contributed by atoms with van der Waals surface area (Å²) in [7, 11) is 0. The highest BCUT2D eigenvalue weighted by Crippen LogP contribution is 2.52. The Morgan fingerprint density at radius 2 is 2.13 bits per heavy atom. The minimum Gasteiger partial charge on any atom is -0.444 e. The molecule has 4 heteroatoms. The van der Waals surface area contributed by atoms with Gasteiger partial charge in [0.2, 0.25) is 0 Å². The Hall–Kier alpha value is -0.250. The Bertz CT molecular complexity index is 279. The van der Waals surface area contributed by atoms with Crippen LogP contribution in [0.15, 0.2) is 0 Å². The maximum absolute atomic E-state index is 11.8. The average Bonchev–Trinajstić information content (AvgIpc) is 2.53. The Morgan fingerprint density at radius 1 is 1.53 bits per heavy atom. The van der Waals surface area contributed by atoms with Crippen molar-refractivity contribution in [2.75, 3.05) is 11.9 Å². The fourth-order valence-corrected chi connectivity index (χ4v) is 3.10. The second-order valence-electron chi connectivity index (χ2n) is 5.80. The Balaban J connectivity index is 1.95. The zero-order valence-electron chi connectivity index (χ0n) is 9.55. The minimum absolute atomic E-state index is 0.146. The van der Waals surface area contributed by atoms with Crippen LogP contribution in [0, 0.1) is 5.41 Å². The number of carbonyl (C=O) groups is 1. The summed E-state index contributed by atoms with van der Waals surface area (Å²) in [6.07, 6.45) is 2.13. The summed E-state index contributed by atoms with van der Waals surface area (Å²) in [6, 6.07) is 0.428. The molecule has 3 fully saturated rings. The number of nitrogens with zero attached hydrogens (tertiary/aromatic N) is 1. The number of carbonyl (C=O) groups excluding carboxylic acids is 1. The lowest BCUT2D eigenvalue weighted by molar-refractivity contribution is 0.0245. The largest absolute Gasteiger partial charge is 0.444 e. The quantitative estimate of drug-likeness (QED) is 0.689. The third-order valence-corrected chi connectivity index (χ3v) is 4.38. The molecule has 0 aromatic carbocycles. The first-order valence-corrected chi connectivity index (χ1v) is 6.53. The Kier molecular flexibility index (Phi) is 2.53. The van der Waals surface area contributed by atoms with Crippen molar-refractivity contribution in [3.63, 3.8) is 0 Å². The molecule has 0 aromatic rings. The minimum atomic E-state index is -0.383. The number of alkyl halides is 1. The number of hydrogen-bond acceptors (Lipinski definition) is 2. The molecular weight excluding hydrogens is 258 g/mol. The van der Waals surface area contributed by atoms with Crippen LogP contribution in [0.2, 0.25) is 0 Å². The molecule has 3 rings (SSSR count). The molecule has 0 atom stereocenters. The Morgan fingerprint density at radius 3 is 2.53 bits per heavy atom. The number of halogens is 1. The fourth-order valence-electron chi connectivity index (χ4n) is 2.47. The predicted octanol–water partition coefficient (Wildman–Crippen LogP) is 2.78. The van der Waals surface area contributed by atoms with E-state index in [1.54, 1.807) is 0 Å². The van der Waals surface area contributed by atoms with Crippen LogP contribution in [0.1, 0.15) is 33.6 Å². The fraction of sp³-hybridized carbons (Fsp3) is 0.909. The van der Waals surface area contributed by atoms with Gasteiger partial charge >= 0.3 is 6.09 Å². The molecule has 1 saturated carbocycles. The number of hydrogen-bond donors (Lipinski definition) is 0. The smallest absolute Gasteiger partial charge is 0.410 e. The zero-order chi connectivity index (χ0) is 11.3. The number of amides is 1. The van der Waals surface area contributed by atoms with E-state index in [0.29, 0.717) is 11.5 Å². The van der Waals surface area contributed by atoms with Crippen molar-refractivity contribution in [3.05, 3.63) is 0 Å². The van der Waals surface area contributed by atoms with Crippen molar-refractivity contribution in [3.8, 4) is 0 Å². The third-order valence-electron chi connectivity index (χ3n) is 3.20. The molecule has 2 heterocycles. The van der Waals surface area contributed by atoms with Crippen molar-refractivity contribution < 1.29 is 9.53 Å². The van der Waals surface area contributed by atoms with Gasteiger partial charge in [0.1, 0.15) is 5.60 Å². The molecule has 1 aliphatic carbocycles. The number of fused-ring (bicyclic) bond motifs is 1. The van der Waals surface area contributed by atoms with Gasteiger partial charge in [-0.15, -0.1) is 0 Å². The monoisotopic (exact) mass is 275 g/mol. The van der Waals surface area contributed by atoms with Crippen molar-refractivity contribution in [2.45, 2.75) is 45.3 Å². The molecule has 15 heavy (non-hydrogen) atoms. The first-order chi connectivity index (χ1) is 6.85. The number of ether oxygens (including phenoxy) is 1. The van der Waals surface area contributed by atoms with E-state index in [0.717, 1.165) is 24.7 Å². The van der Waals surface area contributed by atoms with E-state index in [1.165, 1.54) is 0 Å². The van der Waals surface area contributed by atoms with Crippen LogP contribution < -0.4 is 0 Å². The SMILES string of the molecule is CC(C)(C)OC(=O)N1CC2(CBr)CC1C2. The van der Waals surface area contributed by atoms with Gasteiger partial charge in [-0.25, -0.2) is 4.79 Å². The van der Waals surface area contributed by atoms with Crippen molar-refractivity contribution in [1.82, 2.24) is 4.90 Å². The molecule has 2 saturated heterocycles. The van der Waals surface area contributed by atoms with Gasteiger partial charge in [-0.05, 0) is 33.6 Å². The molecule has 0 aromatic heterocycles. The van der Waals surface area contributed by atoms with Gasteiger partial charge in [-0.1, -0.05) is 15.9 Å². The molecule has 0 spiro atoms. The molecule has 3 aliphatic rings. The first kappa shape index (κ1) is 11.2. The van der Waals surface area contributed by atoms with E-state index in [2.05, 4.69) is 15.9 Å². The van der Waals surface area contributed by atoms with Gasteiger partial charge in [0.25, 0.3) is 0 Å². The van der Waals surface area contributed by atoms with Crippen LogP contribution in [0.25, 0.3) is 0 Å². The lowest BCUT2D eigenvalue weighted by atomic mass is 9.72. The zero-order valence-corrected chi connectivity index (χ0v) is 11.1. The van der Waals surface area contributed by atoms with E-state index in [4.69, 9.17) is 4.74 Å². The molecule has 3 nitrogen and oxygen atoms in total. The molecule has 1 amide bonds. The highest BCUT2D eigenvalue weighted by Gasteiger charge is 2.56. The topological polar surface area (TPSA) is 29.5 Å². The van der Waals surface area contributed by atoms with E-state index >= 15 is 0 Å². The van der Waals surface area contributed by atoms with Crippen LogP contribution in [0.4, 0.5) is 4.79 Å². The van der Waals surface area contributed by atoms with Gasteiger partial charge in [-0.3, -0.25) is 0 Å². The summed E-state index contributed by atoms with van der Waals surface area (Å²) in [5.41, 5.74) is -0.0345. The van der Waals surface area contributed by atoms with Gasteiger partial charge in [-0.2, -0.15) is 0 Å². The maximum atomic E-state index is 11.8. The highest BCUT2D eigenvalue weighted by atomic mass is 79.9. The third kappa shape index (κ3) is 2.01. The molecule has 0 N–H and O–H groups in total. The molecular formula is C11H18BrNO2. The second kappa shape index (κ2) is 3.37. The van der Waals surface area contributed by atoms with Crippen LogP contribution in [-0.4, -0.2) is 34.5 Å². The summed E-state index contributed by atoms with van der Waals surface area (Å²) < 4.78 is 5.38. The molecule has 2 aliphatic heterocycles. The van der Waals surface area contributed by atoms with Crippen molar-refractivity contribution in [2.24, 2.45) is 5.41 Å². The summed E-state index contributed by atoms with van der Waals surface area (Å²) in [6.45, 7) is 6.58. The summed E-state index contributed by atoms with van der Waals surface area (Å²) >= 11 is 3.53. The van der Waals surface area contributed by atoms with Crippen molar-refractivity contribution in [1.29, 1.82) is 0 Å². The lowest BCUT2D eigenvalue weighted by Crippen LogP contribution is -2.39. The number of rotatable bonds is 1. The van der Waals surface area contributed by atoms with Crippen LogP contribution in [0.3, 0.4) is 0 Å². The molecule has 86 valence electrons. The standard InChI is InChI=1S/C11H18BrNO2/c1-10(2,3)15-9(14)13-7-11(6-12)4-8(13)5-11/h8H,4-7H2,1-3H3. The lowest BCUT2D eigenvalue weighted by Gasteiger charge is -2.35. The van der Waals surface area contributed by atoms with Gasteiger partial charge in [0, 0.05) is 23.3 Å². The van der Waals surface area contributed by atoms with Gasteiger partial charge in [0.15, 0.2) is 0 Å². The Labute approximate surface area is 99.3 Å². The van der Waals surface area contributed by atoms with Gasteiger partial charge < -0.3 is 9.64 Å². The molecule has 0 unspecified atom stereocenters. The van der Waals surface area contributed by atoms with Crippen LogP contribution in [0.5, 0.6) is 0 Å². The second-order valence-corrected chi connectivity index (χ2v) is 6.36. The summed E-state index contributed by atoms with van der Waals surface area (Å²) in [5, 5.41) is 0.996.